The van der Waals surface area contributed by atoms with Crippen LogP contribution >= 0.6 is 0 Å². The minimum Gasteiger partial charge on any atom is -0.439 e. The van der Waals surface area contributed by atoms with E-state index >= 15 is 0 Å². The van der Waals surface area contributed by atoms with Crippen molar-refractivity contribution in [3.8, 4) is 17.4 Å². The lowest BCUT2D eigenvalue weighted by Crippen LogP contribution is -2.33. The molecule has 1 amide bonds. The topological polar surface area (TPSA) is 119 Å². The Morgan fingerprint density at radius 3 is 2.43 bits per heavy atom. The first-order valence-electron chi connectivity index (χ1n) is 11.9. The van der Waals surface area contributed by atoms with E-state index in [1.54, 1.807) is 53.7 Å². The highest BCUT2D eigenvalue weighted by Gasteiger charge is 2.33. The second kappa shape index (κ2) is 8.70. The zero-order chi connectivity index (χ0) is 25.7. The summed E-state index contributed by atoms with van der Waals surface area (Å²) in [5.74, 6) is 1.59. The number of amides is 1. The fourth-order valence-corrected chi connectivity index (χ4v) is 5.91. The van der Waals surface area contributed by atoms with Gasteiger partial charge in [-0.15, -0.1) is 0 Å². The number of aryl methyl sites for hydroxylation is 2. The minimum atomic E-state index is -3.81. The van der Waals surface area contributed by atoms with Gasteiger partial charge in [0.1, 0.15) is 24.2 Å². The maximum absolute atomic E-state index is 13.2. The Bertz CT molecular complexity index is 1650. The fraction of sp³-hybridized carbons (Fsp3) is 0.231. The van der Waals surface area contributed by atoms with Crippen LogP contribution in [0.1, 0.15) is 28.9 Å². The second-order valence-electron chi connectivity index (χ2n) is 9.12. The molecule has 2 aliphatic heterocycles. The molecule has 0 aliphatic carbocycles. The SMILES string of the molecule is Cc1ncn(-c2cc(Oc3ccc(NS(=O)(=O)c4cc5c6c(c4)CCN6C(=O)CC5)cc3)ncn2)c1C. The molecule has 1 N–H and O–H groups in total. The molecule has 10 nitrogen and oxygen atoms in total. The Labute approximate surface area is 214 Å². The molecule has 188 valence electrons. The lowest BCUT2D eigenvalue weighted by atomic mass is 10.00. The average Bonchev–Trinajstić information content (AvgIpc) is 3.47. The number of nitrogens with zero attached hydrogens (tertiary/aromatic N) is 5. The molecular weight excluding hydrogens is 492 g/mol. The van der Waals surface area contributed by atoms with E-state index < -0.39 is 10.0 Å². The van der Waals surface area contributed by atoms with Crippen LogP contribution in [0.15, 0.2) is 60.0 Å². The van der Waals surface area contributed by atoms with Gasteiger partial charge in [-0.3, -0.25) is 14.1 Å². The predicted octanol–water partition coefficient (Wildman–Crippen LogP) is 3.71. The number of sulfonamides is 1. The Hall–Kier alpha value is -4.25. The number of hydrogen-bond donors (Lipinski definition) is 1. The van der Waals surface area contributed by atoms with E-state index in [0.29, 0.717) is 48.9 Å². The summed E-state index contributed by atoms with van der Waals surface area (Å²) < 4.78 is 36.7. The summed E-state index contributed by atoms with van der Waals surface area (Å²) in [5, 5.41) is 0. The van der Waals surface area contributed by atoms with E-state index in [-0.39, 0.29) is 10.8 Å². The molecule has 11 heteroatoms. The van der Waals surface area contributed by atoms with E-state index in [1.807, 2.05) is 18.4 Å². The van der Waals surface area contributed by atoms with Gasteiger partial charge in [-0.2, -0.15) is 0 Å². The van der Waals surface area contributed by atoms with Crippen LogP contribution in [0.25, 0.3) is 5.82 Å². The molecule has 0 saturated carbocycles. The van der Waals surface area contributed by atoms with Gasteiger partial charge in [0.15, 0.2) is 0 Å². The second-order valence-corrected chi connectivity index (χ2v) is 10.8. The molecule has 2 aromatic heterocycles. The first-order valence-corrected chi connectivity index (χ1v) is 13.4. The van der Waals surface area contributed by atoms with Crippen LogP contribution in [0.4, 0.5) is 11.4 Å². The Balaban J connectivity index is 1.19. The standard InChI is InChI=1S/C26H24N6O4S/c1-16-17(2)32(15-29-16)23-13-24(28-14-27-23)36-21-6-4-20(5-7-21)30-37(34,35)22-11-18-3-8-25(33)31-10-9-19(12-22)26(18)31/h4-7,11-15,30H,3,8-10H2,1-2H3. The van der Waals surface area contributed by atoms with Crippen molar-refractivity contribution in [1.29, 1.82) is 0 Å². The maximum atomic E-state index is 13.2. The molecule has 2 aromatic carbocycles. The largest absolute Gasteiger partial charge is 0.439 e. The summed E-state index contributed by atoms with van der Waals surface area (Å²) in [6.45, 7) is 4.49. The Kier molecular flexibility index (Phi) is 5.45. The number of carbonyl (C=O) groups excluding carboxylic acids is 1. The summed E-state index contributed by atoms with van der Waals surface area (Å²) in [7, 11) is -3.81. The third-order valence-corrected chi connectivity index (χ3v) is 8.15. The highest BCUT2D eigenvalue weighted by Crippen LogP contribution is 2.38. The molecular formula is C26H24N6O4S. The van der Waals surface area contributed by atoms with Crippen LogP contribution in [-0.2, 0) is 27.7 Å². The van der Waals surface area contributed by atoms with Crippen LogP contribution in [0.2, 0.25) is 0 Å². The monoisotopic (exact) mass is 516 g/mol. The van der Waals surface area contributed by atoms with Crippen molar-refractivity contribution < 1.29 is 17.9 Å². The number of carbonyl (C=O) groups is 1. The molecule has 6 rings (SSSR count). The summed E-state index contributed by atoms with van der Waals surface area (Å²) >= 11 is 0. The van der Waals surface area contributed by atoms with Gasteiger partial charge in [0.05, 0.1) is 16.3 Å². The molecule has 0 unspecified atom stereocenters. The van der Waals surface area contributed by atoms with Crippen LogP contribution in [-0.4, -0.2) is 40.4 Å². The van der Waals surface area contributed by atoms with Crippen molar-refractivity contribution in [2.75, 3.05) is 16.2 Å². The molecule has 0 radical (unpaired) electrons. The van der Waals surface area contributed by atoms with Crippen molar-refractivity contribution in [1.82, 2.24) is 19.5 Å². The van der Waals surface area contributed by atoms with Gasteiger partial charge in [-0.25, -0.2) is 23.4 Å². The summed E-state index contributed by atoms with van der Waals surface area (Å²) in [6, 6.07) is 11.7. The van der Waals surface area contributed by atoms with Gasteiger partial charge in [0, 0.05) is 30.4 Å². The molecule has 4 aromatic rings. The first-order chi connectivity index (χ1) is 17.8. The third-order valence-electron chi connectivity index (χ3n) is 6.79. The minimum absolute atomic E-state index is 0.104. The molecule has 0 bridgehead atoms. The summed E-state index contributed by atoms with van der Waals surface area (Å²) in [6.07, 6.45) is 4.73. The van der Waals surface area contributed by atoms with Gasteiger partial charge in [0.25, 0.3) is 10.0 Å². The number of nitrogens with one attached hydrogen (secondary N) is 1. The van der Waals surface area contributed by atoms with Crippen LogP contribution in [0.5, 0.6) is 11.6 Å². The number of anilines is 2. The van der Waals surface area contributed by atoms with E-state index in [0.717, 1.165) is 28.2 Å². The van der Waals surface area contributed by atoms with Gasteiger partial charge in [0.2, 0.25) is 11.8 Å². The molecule has 0 fully saturated rings. The van der Waals surface area contributed by atoms with Gasteiger partial charge in [-0.05, 0) is 74.2 Å². The van der Waals surface area contributed by atoms with Crippen molar-refractivity contribution in [2.45, 2.75) is 38.0 Å². The van der Waals surface area contributed by atoms with Crippen molar-refractivity contribution >= 4 is 27.3 Å². The van der Waals surface area contributed by atoms with Crippen LogP contribution in [0.3, 0.4) is 0 Å². The van der Waals surface area contributed by atoms with Crippen molar-refractivity contribution in [3.63, 3.8) is 0 Å². The zero-order valence-corrected chi connectivity index (χ0v) is 21.1. The lowest BCUT2D eigenvalue weighted by Gasteiger charge is -2.25. The first kappa shape index (κ1) is 23.2. The maximum Gasteiger partial charge on any atom is 0.261 e. The van der Waals surface area contributed by atoms with Crippen LogP contribution < -0.4 is 14.4 Å². The number of ether oxygens (including phenoxy) is 1. The molecule has 0 saturated heterocycles. The summed E-state index contributed by atoms with van der Waals surface area (Å²) in [4.78, 5) is 26.9. The highest BCUT2D eigenvalue weighted by molar-refractivity contribution is 7.92. The van der Waals surface area contributed by atoms with Crippen molar-refractivity contribution in [2.24, 2.45) is 0 Å². The predicted molar refractivity (Wildman–Crippen MR) is 137 cm³/mol. The number of rotatable bonds is 6. The van der Waals surface area contributed by atoms with Crippen molar-refractivity contribution in [3.05, 3.63) is 77.6 Å². The number of aromatic nitrogens is 4. The average molecular weight is 517 g/mol. The normalized spacial score (nSPS) is 14.5. The number of imidazole rings is 1. The highest BCUT2D eigenvalue weighted by atomic mass is 32.2. The number of benzene rings is 2. The Morgan fingerprint density at radius 2 is 1.70 bits per heavy atom. The van der Waals surface area contributed by atoms with Gasteiger partial charge in [-0.1, -0.05) is 0 Å². The third kappa shape index (κ3) is 4.20. The van der Waals surface area contributed by atoms with Gasteiger partial charge >= 0.3 is 0 Å². The fourth-order valence-electron chi connectivity index (χ4n) is 4.75. The molecule has 0 atom stereocenters. The van der Waals surface area contributed by atoms with E-state index in [2.05, 4.69) is 19.7 Å². The van der Waals surface area contributed by atoms with Gasteiger partial charge < -0.3 is 9.64 Å². The smallest absolute Gasteiger partial charge is 0.261 e. The van der Waals surface area contributed by atoms with Crippen LogP contribution in [0, 0.1) is 13.8 Å². The quantitative estimate of drug-likeness (QED) is 0.415. The Morgan fingerprint density at radius 1 is 0.946 bits per heavy atom. The molecule has 2 aliphatic rings. The van der Waals surface area contributed by atoms with E-state index in [1.165, 1.54) is 6.33 Å². The lowest BCUT2D eigenvalue weighted by molar-refractivity contribution is -0.118. The molecule has 37 heavy (non-hydrogen) atoms. The molecule has 0 spiro atoms. The van der Waals surface area contributed by atoms with E-state index in [9.17, 15) is 13.2 Å². The number of hydrogen-bond acceptors (Lipinski definition) is 7. The zero-order valence-electron chi connectivity index (χ0n) is 20.3. The summed E-state index contributed by atoms with van der Waals surface area (Å²) in [5.41, 5.74) is 4.99. The molecule has 4 heterocycles. The van der Waals surface area contributed by atoms with E-state index in [4.69, 9.17) is 4.74 Å².